The van der Waals surface area contributed by atoms with E-state index >= 15 is 0 Å². The van der Waals surface area contributed by atoms with Crippen LogP contribution in [0.3, 0.4) is 0 Å². The van der Waals surface area contributed by atoms with Crippen LogP contribution < -0.4 is 21.7 Å². The smallest absolute Gasteiger partial charge is 0.309 e. The van der Waals surface area contributed by atoms with E-state index < -0.39 is 54.1 Å². The monoisotopic (exact) mass is 488 g/mol. The molecule has 12 heteroatoms. The number of carbonyl (C=O) groups excluding carboxylic acids is 4. The Bertz CT molecular complexity index is 722. The van der Waals surface area contributed by atoms with E-state index in [0.717, 1.165) is 5.75 Å². The van der Waals surface area contributed by atoms with Crippen molar-refractivity contribution in [3.63, 3.8) is 0 Å². The Morgan fingerprint density at radius 1 is 1.16 bits per heavy atom. The van der Waals surface area contributed by atoms with Crippen LogP contribution in [0.2, 0.25) is 0 Å². The molecular weight excluding hydrogens is 456 g/mol. The van der Waals surface area contributed by atoms with Crippen LogP contribution in [0.25, 0.3) is 0 Å². The summed E-state index contributed by atoms with van der Waals surface area (Å²) in [4.78, 5) is 50.5. The van der Waals surface area contributed by atoms with Crippen LogP contribution in [0.15, 0.2) is 12.2 Å². The molecule has 10 nitrogen and oxygen atoms in total. The average molecular weight is 489 g/mol. The number of esters is 1. The van der Waals surface area contributed by atoms with E-state index in [0.29, 0.717) is 12.8 Å². The van der Waals surface area contributed by atoms with Gasteiger partial charge >= 0.3 is 5.97 Å². The Morgan fingerprint density at radius 2 is 1.91 bits per heavy atom. The lowest BCUT2D eigenvalue weighted by Crippen LogP contribution is -2.59. The zero-order chi connectivity index (χ0) is 23.7. The van der Waals surface area contributed by atoms with Crippen LogP contribution in [0.1, 0.15) is 39.5 Å². The number of aliphatic hydroxyl groups excluding tert-OH is 1. The quantitative estimate of drug-likeness (QED) is 0.202. The zero-order valence-electron chi connectivity index (χ0n) is 18.2. The summed E-state index contributed by atoms with van der Waals surface area (Å²) in [6, 6.07) is -1.66. The molecule has 2 rings (SSSR count). The molecule has 6 atom stereocenters. The molecular formula is C20H32N4O6S2. The minimum atomic E-state index is -1.37. The highest BCUT2D eigenvalue weighted by Gasteiger charge is 2.33. The summed E-state index contributed by atoms with van der Waals surface area (Å²) >= 11 is 0. The first-order valence-corrected chi connectivity index (χ1v) is 13.1. The topological polar surface area (TPSA) is 160 Å². The number of hydrogen-bond acceptors (Lipinski definition) is 9. The maximum Gasteiger partial charge on any atom is 0.309 e. The van der Waals surface area contributed by atoms with E-state index in [1.807, 2.05) is 19.9 Å². The van der Waals surface area contributed by atoms with E-state index in [1.165, 1.54) is 21.6 Å². The molecule has 0 aromatic carbocycles. The number of nitrogens with two attached hydrogens (primary N) is 1. The average Bonchev–Trinajstić information content (AvgIpc) is 2.73. The first-order chi connectivity index (χ1) is 15.2. The number of allylic oxidation sites excluding steroid dienone is 1. The SMILES string of the molecule is CCC(C)[C@H]1NC(=O)C2CSSCC/C=C/[C@H](CC(=O)N[C@H](N)C(=O)N2)OC(=O)C[C@@H]1O. The molecule has 0 aliphatic carbocycles. The molecule has 3 amide bonds. The molecule has 6 N–H and O–H groups in total. The van der Waals surface area contributed by atoms with E-state index in [-0.39, 0.29) is 24.5 Å². The molecule has 2 aliphatic rings. The lowest BCUT2D eigenvalue weighted by atomic mass is 9.92. The van der Waals surface area contributed by atoms with Gasteiger partial charge in [0.05, 0.1) is 25.0 Å². The first kappa shape index (κ1) is 26.5. The number of aliphatic hydroxyl groups is 1. The van der Waals surface area contributed by atoms with Crippen molar-refractivity contribution in [1.29, 1.82) is 0 Å². The summed E-state index contributed by atoms with van der Waals surface area (Å²) in [5.41, 5.74) is 5.81. The Labute approximate surface area is 195 Å². The summed E-state index contributed by atoms with van der Waals surface area (Å²) in [6.45, 7) is 3.76. The normalized spacial score (nSPS) is 33.3. The number of ether oxygens (including phenoxy) is 1. The number of nitrogens with one attached hydrogen (secondary N) is 3. The van der Waals surface area contributed by atoms with Gasteiger partial charge in [0.1, 0.15) is 12.1 Å². The summed E-state index contributed by atoms with van der Waals surface area (Å²) in [5.74, 6) is -1.63. The Balaban J connectivity index is 2.43. The van der Waals surface area contributed by atoms with E-state index in [2.05, 4.69) is 16.0 Å². The van der Waals surface area contributed by atoms with Crippen LogP contribution in [0, 0.1) is 5.92 Å². The number of carbonyl (C=O) groups is 4. The Kier molecular flexibility index (Phi) is 10.8. The number of fused-ring (bicyclic) bond motifs is 7. The second kappa shape index (κ2) is 13.1. The predicted octanol–water partition coefficient (Wildman–Crippen LogP) is -0.189. The molecule has 0 spiro atoms. The van der Waals surface area contributed by atoms with Gasteiger partial charge in [-0.15, -0.1) is 0 Å². The zero-order valence-corrected chi connectivity index (χ0v) is 19.9. The number of amides is 3. The third kappa shape index (κ3) is 8.30. The van der Waals surface area contributed by atoms with Crippen molar-refractivity contribution in [1.82, 2.24) is 16.0 Å². The second-order valence-electron chi connectivity index (χ2n) is 7.85. The van der Waals surface area contributed by atoms with Gasteiger partial charge in [-0.2, -0.15) is 0 Å². The van der Waals surface area contributed by atoms with Crippen molar-refractivity contribution < 1.29 is 29.0 Å². The fourth-order valence-corrected chi connectivity index (χ4v) is 5.42. The van der Waals surface area contributed by atoms with Gasteiger partial charge in [-0.1, -0.05) is 47.9 Å². The van der Waals surface area contributed by atoms with Crippen LogP contribution in [-0.2, 0) is 23.9 Å². The molecule has 180 valence electrons. The summed E-state index contributed by atoms with van der Waals surface area (Å²) < 4.78 is 5.42. The maximum atomic E-state index is 13.0. The molecule has 2 unspecified atom stereocenters. The number of hydrogen-bond donors (Lipinski definition) is 5. The molecule has 0 radical (unpaired) electrons. The van der Waals surface area contributed by atoms with Gasteiger partial charge in [0.15, 0.2) is 6.17 Å². The maximum absolute atomic E-state index is 13.0. The lowest BCUT2D eigenvalue weighted by Gasteiger charge is -2.30. The molecule has 2 heterocycles. The van der Waals surface area contributed by atoms with Gasteiger partial charge in [-0.05, 0) is 18.4 Å². The third-order valence-electron chi connectivity index (χ3n) is 5.29. The van der Waals surface area contributed by atoms with E-state index in [4.69, 9.17) is 10.5 Å². The molecule has 0 aromatic rings. The lowest BCUT2D eigenvalue weighted by molar-refractivity contribution is -0.151. The van der Waals surface area contributed by atoms with Gasteiger partial charge < -0.3 is 31.5 Å². The van der Waals surface area contributed by atoms with Crippen molar-refractivity contribution in [2.24, 2.45) is 11.7 Å². The van der Waals surface area contributed by atoms with Gasteiger partial charge in [0.25, 0.3) is 5.91 Å². The van der Waals surface area contributed by atoms with Crippen molar-refractivity contribution in [2.75, 3.05) is 11.5 Å². The minimum Gasteiger partial charge on any atom is -0.457 e. The summed E-state index contributed by atoms with van der Waals surface area (Å²) in [6.07, 6.45) is 0.739. The standard InChI is InChI=1S/C20H32N4O6S2/c1-3-11(2)17-14(25)9-16(27)30-12-6-4-5-7-31-32-10-13(19(28)24-17)22-20(29)18(21)23-15(26)8-12/h4,6,11-14,17-18,25H,3,5,7-10,21H2,1-2H3,(H,22,29)(H,23,26)(H,24,28)/b6-4+/t11?,12-,13?,14+,17-,18+/m1/s1. The van der Waals surface area contributed by atoms with Crippen LogP contribution >= 0.6 is 21.6 Å². The molecule has 2 bridgehead atoms. The van der Waals surface area contributed by atoms with Crippen molar-refractivity contribution in [3.05, 3.63) is 12.2 Å². The van der Waals surface area contributed by atoms with Crippen LogP contribution in [-0.4, -0.2) is 70.8 Å². The van der Waals surface area contributed by atoms with Crippen LogP contribution in [0.4, 0.5) is 0 Å². The molecule has 1 saturated heterocycles. The van der Waals surface area contributed by atoms with Crippen molar-refractivity contribution >= 4 is 45.3 Å². The Morgan fingerprint density at radius 3 is 2.62 bits per heavy atom. The van der Waals surface area contributed by atoms with Crippen molar-refractivity contribution in [3.8, 4) is 0 Å². The van der Waals surface area contributed by atoms with Gasteiger partial charge in [-0.25, -0.2) is 0 Å². The first-order valence-electron chi connectivity index (χ1n) is 10.7. The molecule has 0 saturated carbocycles. The van der Waals surface area contributed by atoms with Crippen LogP contribution in [0.5, 0.6) is 0 Å². The highest BCUT2D eigenvalue weighted by molar-refractivity contribution is 8.76. The van der Waals surface area contributed by atoms with Gasteiger partial charge in [-0.3, -0.25) is 19.2 Å². The largest absolute Gasteiger partial charge is 0.457 e. The molecule has 2 aliphatic heterocycles. The highest BCUT2D eigenvalue weighted by atomic mass is 33.1. The summed E-state index contributed by atoms with van der Waals surface area (Å²) in [5, 5.41) is 18.5. The number of rotatable bonds is 2. The molecule has 32 heavy (non-hydrogen) atoms. The van der Waals surface area contributed by atoms with Gasteiger partial charge in [0, 0.05) is 11.5 Å². The molecule has 0 aromatic heterocycles. The third-order valence-corrected chi connectivity index (χ3v) is 7.74. The second-order valence-corrected chi connectivity index (χ2v) is 10.5. The summed E-state index contributed by atoms with van der Waals surface area (Å²) in [7, 11) is 2.96. The Hall–Kier alpha value is -1.76. The van der Waals surface area contributed by atoms with E-state index in [9.17, 15) is 24.3 Å². The fourth-order valence-electron chi connectivity index (χ4n) is 3.26. The molecule has 1 fully saturated rings. The van der Waals surface area contributed by atoms with E-state index in [1.54, 1.807) is 6.08 Å². The predicted molar refractivity (Wildman–Crippen MR) is 123 cm³/mol. The highest BCUT2D eigenvalue weighted by Crippen LogP contribution is 2.24. The fraction of sp³-hybridized carbons (Fsp3) is 0.700. The van der Waals surface area contributed by atoms with Gasteiger partial charge in [0.2, 0.25) is 11.8 Å². The van der Waals surface area contributed by atoms with Crippen molar-refractivity contribution in [2.45, 2.75) is 70.0 Å². The minimum absolute atomic E-state index is 0.143.